The van der Waals surface area contributed by atoms with Crippen molar-refractivity contribution in [3.05, 3.63) is 30.0 Å². The number of rotatable bonds is 3. The van der Waals surface area contributed by atoms with Crippen LogP contribution >= 0.6 is 0 Å². The maximum Gasteiger partial charge on any atom is 0.142 e. The summed E-state index contributed by atoms with van der Waals surface area (Å²) in [6, 6.07) is 6.36. The van der Waals surface area contributed by atoms with Crippen LogP contribution in [0.15, 0.2) is 24.4 Å². The van der Waals surface area contributed by atoms with Gasteiger partial charge in [-0.2, -0.15) is 0 Å². The van der Waals surface area contributed by atoms with E-state index in [2.05, 4.69) is 33.4 Å². The molecule has 0 saturated carbocycles. The Kier molecular flexibility index (Phi) is 3.21. The summed E-state index contributed by atoms with van der Waals surface area (Å²) in [4.78, 5) is 5.75. The van der Waals surface area contributed by atoms with E-state index in [9.17, 15) is 0 Å². The van der Waals surface area contributed by atoms with Gasteiger partial charge in [-0.05, 0) is 17.7 Å². The number of nitrogens with zero attached hydrogens (tertiary/aromatic N) is 1. The highest BCUT2D eigenvalue weighted by Gasteiger charge is 2.13. The lowest BCUT2D eigenvalue weighted by Crippen LogP contribution is -2.42. The molecule has 1 fully saturated rings. The first-order chi connectivity index (χ1) is 8.88. The zero-order valence-electron chi connectivity index (χ0n) is 10.7. The van der Waals surface area contributed by atoms with Crippen molar-refractivity contribution in [2.75, 3.05) is 33.3 Å². The van der Waals surface area contributed by atoms with E-state index in [1.54, 1.807) is 7.11 Å². The largest absolute Gasteiger partial charge is 0.495 e. The van der Waals surface area contributed by atoms with Gasteiger partial charge in [-0.3, -0.25) is 4.90 Å². The summed E-state index contributed by atoms with van der Waals surface area (Å²) in [5, 5.41) is 4.65. The number of fused-ring (bicyclic) bond motifs is 1. The van der Waals surface area contributed by atoms with Crippen molar-refractivity contribution >= 4 is 10.9 Å². The number of ether oxygens (including phenoxy) is 1. The van der Waals surface area contributed by atoms with Gasteiger partial charge >= 0.3 is 0 Å². The summed E-state index contributed by atoms with van der Waals surface area (Å²) in [6.07, 6.45) is 1.98. The van der Waals surface area contributed by atoms with Crippen LogP contribution in [-0.2, 0) is 6.54 Å². The van der Waals surface area contributed by atoms with E-state index in [1.165, 1.54) is 10.9 Å². The summed E-state index contributed by atoms with van der Waals surface area (Å²) < 4.78 is 5.38. The lowest BCUT2D eigenvalue weighted by atomic mass is 10.1. The Bertz CT molecular complexity index is 529. The Labute approximate surface area is 107 Å². The number of nitrogens with one attached hydrogen (secondary N) is 2. The minimum Gasteiger partial charge on any atom is -0.495 e. The molecule has 0 radical (unpaired) electrons. The van der Waals surface area contributed by atoms with E-state index >= 15 is 0 Å². The topological polar surface area (TPSA) is 40.3 Å². The van der Waals surface area contributed by atoms with Gasteiger partial charge in [0.1, 0.15) is 5.75 Å². The lowest BCUT2D eigenvalue weighted by Gasteiger charge is -2.27. The van der Waals surface area contributed by atoms with Gasteiger partial charge in [-0.25, -0.2) is 0 Å². The Balaban J connectivity index is 1.89. The molecule has 0 atom stereocenters. The van der Waals surface area contributed by atoms with Crippen LogP contribution in [0, 0.1) is 0 Å². The number of methoxy groups -OCH3 is 1. The van der Waals surface area contributed by atoms with Gasteiger partial charge in [0.2, 0.25) is 0 Å². The molecule has 0 unspecified atom stereocenters. The average molecular weight is 245 g/mol. The highest BCUT2D eigenvalue weighted by molar-refractivity contribution is 5.88. The molecular formula is C14H19N3O. The van der Waals surface area contributed by atoms with Crippen LogP contribution < -0.4 is 10.1 Å². The van der Waals surface area contributed by atoms with Crippen LogP contribution in [0.2, 0.25) is 0 Å². The van der Waals surface area contributed by atoms with Gasteiger partial charge in [-0.1, -0.05) is 6.07 Å². The predicted molar refractivity (Wildman–Crippen MR) is 73.0 cm³/mol. The molecule has 4 heteroatoms. The summed E-state index contributed by atoms with van der Waals surface area (Å²) in [6.45, 7) is 5.44. The van der Waals surface area contributed by atoms with Gasteiger partial charge in [0, 0.05) is 44.3 Å². The molecule has 0 spiro atoms. The van der Waals surface area contributed by atoms with Crippen molar-refractivity contribution < 1.29 is 4.74 Å². The van der Waals surface area contributed by atoms with E-state index in [1.807, 2.05) is 6.20 Å². The monoisotopic (exact) mass is 245 g/mol. The van der Waals surface area contributed by atoms with E-state index in [0.29, 0.717) is 0 Å². The highest BCUT2D eigenvalue weighted by Crippen LogP contribution is 2.28. The van der Waals surface area contributed by atoms with Crippen LogP contribution in [0.5, 0.6) is 5.75 Å². The number of benzene rings is 1. The predicted octanol–water partition coefficient (Wildman–Crippen LogP) is 1.58. The number of aromatic nitrogens is 1. The van der Waals surface area contributed by atoms with Gasteiger partial charge in [-0.15, -0.1) is 0 Å². The van der Waals surface area contributed by atoms with Crippen LogP contribution in [0.4, 0.5) is 0 Å². The first-order valence-electron chi connectivity index (χ1n) is 6.44. The minimum atomic E-state index is 0.916. The Hall–Kier alpha value is -1.52. The second-order valence-corrected chi connectivity index (χ2v) is 4.72. The van der Waals surface area contributed by atoms with E-state index < -0.39 is 0 Å². The number of hydrogen-bond acceptors (Lipinski definition) is 3. The zero-order chi connectivity index (χ0) is 12.4. The quantitative estimate of drug-likeness (QED) is 0.862. The van der Waals surface area contributed by atoms with Crippen LogP contribution in [0.25, 0.3) is 10.9 Å². The van der Waals surface area contributed by atoms with Gasteiger partial charge in [0.25, 0.3) is 0 Å². The molecule has 18 heavy (non-hydrogen) atoms. The molecule has 1 aromatic carbocycles. The van der Waals surface area contributed by atoms with E-state index in [0.717, 1.165) is 44.0 Å². The third-order valence-corrected chi connectivity index (χ3v) is 3.60. The third-order valence-electron chi connectivity index (χ3n) is 3.60. The maximum absolute atomic E-state index is 5.38. The summed E-state index contributed by atoms with van der Waals surface area (Å²) in [7, 11) is 1.71. The summed E-state index contributed by atoms with van der Waals surface area (Å²) in [5.41, 5.74) is 2.47. The SMILES string of the molecule is COc1ccc(CN2CCNCC2)c2cc[nH]c12. The molecule has 2 aromatic rings. The molecule has 2 heterocycles. The van der Waals surface area contributed by atoms with E-state index in [4.69, 9.17) is 4.74 Å². The summed E-state index contributed by atoms with van der Waals surface area (Å²) >= 11 is 0. The van der Waals surface area contributed by atoms with Crippen molar-refractivity contribution in [2.24, 2.45) is 0 Å². The molecule has 1 aliphatic rings. The van der Waals surface area contributed by atoms with Gasteiger partial charge in [0.15, 0.2) is 0 Å². The Morgan fingerprint density at radius 3 is 2.83 bits per heavy atom. The fourth-order valence-corrected chi connectivity index (χ4v) is 2.61. The second-order valence-electron chi connectivity index (χ2n) is 4.72. The molecule has 1 saturated heterocycles. The van der Waals surface area contributed by atoms with Crippen LogP contribution in [0.3, 0.4) is 0 Å². The van der Waals surface area contributed by atoms with Crippen molar-refractivity contribution in [3.63, 3.8) is 0 Å². The van der Waals surface area contributed by atoms with Gasteiger partial charge < -0.3 is 15.0 Å². The molecule has 2 N–H and O–H groups in total. The first-order valence-corrected chi connectivity index (χ1v) is 6.44. The van der Waals surface area contributed by atoms with Crippen LogP contribution in [0.1, 0.15) is 5.56 Å². The maximum atomic E-state index is 5.38. The molecular weight excluding hydrogens is 226 g/mol. The van der Waals surface area contributed by atoms with Crippen molar-refractivity contribution in [1.29, 1.82) is 0 Å². The third kappa shape index (κ3) is 2.09. The second kappa shape index (κ2) is 5.00. The lowest BCUT2D eigenvalue weighted by molar-refractivity contribution is 0.234. The van der Waals surface area contributed by atoms with Crippen molar-refractivity contribution in [1.82, 2.24) is 15.2 Å². The molecule has 3 rings (SSSR count). The molecule has 96 valence electrons. The molecule has 1 aliphatic heterocycles. The summed E-state index contributed by atoms with van der Waals surface area (Å²) in [5.74, 6) is 0.916. The Morgan fingerprint density at radius 2 is 2.06 bits per heavy atom. The molecule has 4 nitrogen and oxygen atoms in total. The number of piperazine rings is 1. The standard InChI is InChI=1S/C14H19N3O/c1-18-13-3-2-11(12-4-5-16-14(12)13)10-17-8-6-15-7-9-17/h2-5,15-16H,6-10H2,1H3. The zero-order valence-corrected chi connectivity index (χ0v) is 10.7. The Morgan fingerprint density at radius 1 is 1.22 bits per heavy atom. The number of hydrogen-bond donors (Lipinski definition) is 2. The fourth-order valence-electron chi connectivity index (χ4n) is 2.61. The van der Waals surface area contributed by atoms with Crippen molar-refractivity contribution in [2.45, 2.75) is 6.54 Å². The molecule has 1 aromatic heterocycles. The molecule has 0 aliphatic carbocycles. The fraction of sp³-hybridized carbons (Fsp3) is 0.429. The molecule has 0 amide bonds. The number of aromatic amines is 1. The number of H-pyrrole nitrogens is 1. The first kappa shape index (κ1) is 11.6. The minimum absolute atomic E-state index is 0.916. The van der Waals surface area contributed by atoms with E-state index in [-0.39, 0.29) is 0 Å². The van der Waals surface area contributed by atoms with Gasteiger partial charge in [0.05, 0.1) is 12.6 Å². The molecule has 0 bridgehead atoms. The average Bonchev–Trinajstić information content (AvgIpc) is 2.90. The van der Waals surface area contributed by atoms with Crippen molar-refractivity contribution in [3.8, 4) is 5.75 Å². The smallest absolute Gasteiger partial charge is 0.142 e. The normalized spacial score (nSPS) is 17.2. The van der Waals surface area contributed by atoms with Crippen LogP contribution in [-0.4, -0.2) is 43.2 Å². The highest BCUT2D eigenvalue weighted by atomic mass is 16.5.